The van der Waals surface area contributed by atoms with Crippen LogP contribution in [0.15, 0.2) is 156 Å². The lowest BCUT2D eigenvalue weighted by molar-refractivity contribution is 0.641. The predicted octanol–water partition coefficient (Wildman–Crippen LogP) is 12.8. The molecular formula is C46H37NO. The summed E-state index contributed by atoms with van der Waals surface area (Å²) in [5.41, 5.74) is 12.8. The summed E-state index contributed by atoms with van der Waals surface area (Å²) in [6.07, 6.45) is 0. The molecule has 1 aromatic heterocycles. The molecule has 2 heteroatoms. The van der Waals surface area contributed by atoms with Crippen LogP contribution in [0, 0.1) is 0 Å². The highest BCUT2D eigenvalue weighted by atomic mass is 16.3. The quantitative estimate of drug-likeness (QED) is 0.191. The predicted molar refractivity (Wildman–Crippen MR) is 202 cm³/mol. The Kier molecular flexibility index (Phi) is 6.23. The molecule has 48 heavy (non-hydrogen) atoms. The molecule has 0 atom stereocenters. The van der Waals surface area contributed by atoms with Crippen molar-refractivity contribution in [3.8, 4) is 11.1 Å². The van der Waals surface area contributed by atoms with Crippen molar-refractivity contribution < 1.29 is 4.42 Å². The average Bonchev–Trinajstić information content (AvgIpc) is 3.59. The molecule has 0 saturated carbocycles. The van der Waals surface area contributed by atoms with Gasteiger partial charge >= 0.3 is 0 Å². The Labute approximate surface area is 281 Å². The van der Waals surface area contributed by atoms with Crippen LogP contribution in [0.4, 0.5) is 17.1 Å². The van der Waals surface area contributed by atoms with Crippen LogP contribution in [0.2, 0.25) is 0 Å². The molecule has 0 bridgehead atoms. The van der Waals surface area contributed by atoms with Crippen molar-refractivity contribution >= 4 is 49.8 Å². The van der Waals surface area contributed by atoms with E-state index < -0.39 is 0 Å². The van der Waals surface area contributed by atoms with Crippen molar-refractivity contribution in [2.45, 2.75) is 38.5 Å². The molecule has 1 heterocycles. The number of rotatable bonds is 5. The van der Waals surface area contributed by atoms with Gasteiger partial charge in [-0.05, 0) is 98.8 Å². The highest BCUT2D eigenvalue weighted by Crippen LogP contribution is 2.52. The lowest BCUT2D eigenvalue weighted by Gasteiger charge is -2.29. The highest BCUT2D eigenvalue weighted by molar-refractivity contribution is 6.06. The molecule has 2 nitrogen and oxygen atoms in total. The molecule has 0 spiro atoms. The number of hydrogen-bond acceptors (Lipinski definition) is 2. The van der Waals surface area contributed by atoms with Crippen LogP contribution in [0.25, 0.3) is 43.8 Å². The van der Waals surface area contributed by atoms with Gasteiger partial charge in [0.05, 0.1) is 0 Å². The van der Waals surface area contributed by atoms with E-state index in [-0.39, 0.29) is 10.8 Å². The fourth-order valence-electron chi connectivity index (χ4n) is 7.91. The van der Waals surface area contributed by atoms with Crippen LogP contribution in [-0.4, -0.2) is 0 Å². The van der Waals surface area contributed by atoms with Crippen molar-refractivity contribution in [1.29, 1.82) is 0 Å². The SMILES string of the molecule is CC(C)(c1ccccc1)c1ccc(N(c2ccc3c(c2)-c2cc4ccccc4cc2C3(C)C)c2ccc3c(c2)oc2ccccc23)cc1. The van der Waals surface area contributed by atoms with Crippen molar-refractivity contribution in [3.63, 3.8) is 0 Å². The van der Waals surface area contributed by atoms with Crippen molar-refractivity contribution in [3.05, 3.63) is 174 Å². The molecule has 0 fully saturated rings. The summed E-state index contributed by atoms with van der Waals surface area (Å²) in [5, 5.41) is 4.83. The van der Waals surface area contributed by atoms with Crippen molar-refractivity contribution in [1.82, 2.24) is 0 Å². The number of anilines is 3. The van der Waals surface area contributed by atoms with Gasteiger partial charge in [0, 0.05) is 44.7 Å². The smallest absolute Gasteiger partial charge is 0.137 e. The van der Waals surface area contributed by atoms with Crippen LogP contribution in [0.5, 0.6) is 0 Å². The zero-order valence-electron chi connectivity index (χ0n) is 27.8. The molecule has 8 aromatic rings. The van der Waals surface area contributed by atoms with Gasteiger partial charge in [-0.3, -0.25) is 0 Å². The monoisotopic (exact) mass is 619 g/mol. The van der Waals surface area contributed by atoms with Gasteiger partial charge in [0.2, 0.25) is 0 Å². The van der Waals surface area contributed by atoms with Gasteiger partial charge < -0.3 is 9.32 Å². The van der Waals surface area contributed by atoms with E-state index in [0.717, 1.165) is 39.0 Å². The lowest BCUT2D eigenvalue weighted by Crippen LogP contribution is -2.19. The minimum absolute atomic E-state index is 0.0874. The van der Waals surface area contributed by atoms with E-state index in [4.69, 9.17) is 4.42 Å². The molecule has 1 aliphatic carbocycles. The Morgan fingerprint density at radius 3 is 1.85 bits per heavy atom. The third-order valence-corrected chi connectivity index (χ3v) is 10.7. The number of fused-ring (bicyclic) bond motifs is 7. The minimum atomic E-state index is -0.122. The third-order valence-electron chi connectivity index (χ3n) is 10.7. The maximum Gasteiger partial charge on any atom is 0.137 e. The van der Waals surface area contributed by atoms with Crippen LogP contribution in [-0.2, 0) is 10.8 Å². The van der Waals surface area contributed by atoms with E-state index >= 15 is 0 Å². The number of furan rings is 1. The number of nitrogens with zero attached hydrogens (tertiary/aromatic N) is 1. The maximum atomic E-state index is 6.39. The van der Waals surface area contributed by atoms with E-state index in [1.54, 1.807) is 0 Å². The molecular weight excluding hydrogens is 583 g/mol. The van der Waals surface area contributed by atoms with Crippen LogP contribution >= 0.6 is 0 Å². The Bertz CT molecular complexity index is 2500. The number of para-hydroxylation sites is 1. The fraction of sp³-hybridized carbons (Fsp3) is 0.130. The summed E-state index contributed by atoms with van der Waals surface area (Å²) < 4.78 is 6.39. The van der Waals surface area contributed by atoms with Crippen LogP contribution in [0.3, 0.4) is 0 Å². The van der Waals surface area contributed by atoms with Gasteiger partial charge in [-0.2, -0.15) is 0 Å². The number of benzene rings is 7. The van der Waals surface area contributed by atoms with E-state index in [1.165, 1.54) is 44.2 Å². The summed E-state index contributed by atoms with van der Waals surface area (Å²) in [5.74, 6) is 0. The van der Waals surface area contributed by atoms with Gasteiger partial charge in [-0.1, -0.05) is 119 Å². The first-order valence-electron chi connectivity index (χ1n) is 16.8. The summed E-state index contributed by atoms with van der Waals surface area (Å²) in [6, 6.07) is 55.3. The molecule has 9 rings (SSSR count). The summed E-state index contributed by atoms with van der Waals surface area (Å²) in [7, 11) is 0. The zero-order chi connectivity index (χ0) is 32.6. The standard InChI is InChI=1S/C46H37NO/c1-45(2,32-14-6-5-7-15-32)33-18-20-34(21-19-33)47(36-22-24-38-37-16-10-11-17-43(37)48-44(38)29-36)35-23-25-41-40(28-35)39-26-30-12-8-9-13-31(30)27-42(39)46(41,3)4/h5-29H,1-4H3. The molecule has 0 radical (unpaired) electrons. The zero-order valence-corrected chi connectivity index (χ0v) is 27.8. The van der Waals surface area contributed by atoms with Crippen molar-refractivity contribution in [2.24, 2.45) is 0 Å². The summed E-state index contributed by atoms with van der Waals surface area (Å²) >= 11 is 0. The molecule has 0 unspecified atom stereocenters. The van der Waals surface area contributed by atoms with Gasteiger partial charge in [0.15, 0.2) is 0 Å². The number of hydrogen-bond donors (Lipinski definition) is 0. The second kappa shape index (κ2) is 10.5. The van der Waals surface area contributed by atoms with Gasteiger partial charge in [-0.15, -0.1) is 0 Å². The van der Waals surface area contributed by atoms with Crippen LogP contribution < -0.4 is 4.90 Å². The Balaban J connectivity index is 1.22. The van der Waals surface area contributed by atoms with Crippen LogP contribution in [0.1, 0.15) is 49.9 Å². The molecule has 232 valence electrons. The summed E-state index contributed by atoms with van der Waals surface area (Å²) in [4.78, 5) is 2.37. The first kappa shape index (κ1) is 28.6. The molecule has 1 aliphatic rings. The normalized spacial score (nSPS) is 13.6. The largest absolute Gasteiger partial charge is 0.456 e. The first-order valence-corrected chi connectivity index (χ1v) is 16.8. The lowest BCUT2D eigenvalue weighted by atomic mass is 9.78. The van der Waals surface area contributed by atoms with Gasteiger partial charge in [0.1, 0.15) is 11.2 Å². The summed E-state index contributed by atoms with van der Waals surface area (Å²) in [6.45, 7) is 9.31. The van der Waals surface area contributed by atoms with Crippen molar-refractivity contribution in [2.75, 3.05) is 4.90 Å². The second-order valence-corrected chi connectivity index (χ2v) is 14.3. The minimum Gasteiger partial charge on any atom is -0.456 e. The molecule has 0 saturated heterocycles. The Morgan fingerprint density at radius 1 is 0.479 bits per heavy atom. The topological polar surface area (TPSA) is 16.4 Å². The maximum absolute atomic E-state index is 6.39. The molecule has 0 amide bonds. The molecule has 7 aromatic carbocycles. The van der Waals surface area contributed by atoms with E-state index in [2.05, 4.69) is 172 Å². The van der Waals surface area contributed by atoms with E-state index in [9.17, 15) is 0 Å². The van der Waals surface area contributed by atoms with Gasteiger partial charge in [0.25, 0.3) is 0 Å². The highest BCUT2D eigenvalue weighted by Gasteiger charge is 2.36. The first-order chi connectivity index (χ1) is 23.3. The van der Waals surface area contributed by atoms with E-state index in [0.29, 0.717) is 0 Å². The molecule has 0 N–H and O–H groups in total. The Hall–Kier alpha value is -5.60. The van der Waals surface area contributed by atoms with Gasteiger partial charge in [-0.25, -0.2) is 0 Å². The van der Waals surface area contributed by atoms with E-state index in [1.807, 2.05) is 12.1 Å². The fourth-order valence-corrected chi connectivity index (χ4v) is 7.91. The third kappa shape index (κ3) is 4.33. The Morgan fingerprint density at radius 2 is 1.06 bits per heavy atom. The average molecular weight is 620 g/mol. The molecule has 0 aliphatic heterocycles. The second-order valence-electron chi connectivity index (χ2n) is 14.3.